The number of para-hydroxylation sites is 2. The standard InChI is InChI=1S/C18H19F2N3O/c1-13-5-2-3-8-16(13)21-18(24)23-11-9-22(10-12-23)17-14(19)6-4-7-15(17)20/h2-8H,9-12H2,1H3,(H,21,24). The summed E-state index contributed by atoms with van der Waals surface area (Å²) in [6.07, 6.45) is 0. The summed E-state index contributed by atoms with van der Waals surface area (Å²) in [6, 6.07) is 11.2. The number of hydrogen-bond acceptors (Lipinski definition) is 2. The van der Waals surface area contributed by atoms with Crippen LogP contribution in [-0.2, 0) is 0 Å². The highest BCUT2D eigenvalue weighted by atomic mass is 19.1. The molecule has 6 heteroatoms. The average Bonchev–Trinajstić information content (AvgIpc) is 2.57. The molecule has 0 saturated carbocycles. The molecule has 3 rings (SSSR count). The molecular weight excluding hydrogens is 312 g/mol. The van der Waals surface area contributed by atoms with E-state index in [-0.39, 0.29) is 11.7 Å². The van der Waals surface area contributed by atoms with E-state index in [1.807, 2.05) is 31.2 Å². The number of nitrogens with one attached hydrogen (secondary N) is 1. The highest BCUT2D eigenvalue weighted by Crippen LogP contribution is 2.24. The molecule has 2 amide bonds. The van der Waals surface area contributed by atoms with Gasteiger partial charge in [-0.1, -0.05) is 24.3 Å². The molecule has 0 bridgehead atoms. The van der Waals surface area contributed by atoms with E-state index in [1.54, 1.807) is 9.80 Å². The van der Waals surface area contributed by atoms with E-state index in [4.69, 9.17) is 0 Å². The Morgan fingerprint density at radius 3 is 2.21 bits per heavy atom. The molecule has 1 aliphatic rings. The van der Waals surface area contributed by atoms with E-state index in [2.05, 4.69) is 5.32 Å². The number of piperazine rings is 1. The Balaban J connectivity index is 1.63. The fourth-order valence-corrected chi connectivity index (χ4v) is 2.83. The molecule has 1 N–H and O–H groups in total. The third-order valence-electron chi connectivity index (χ3n) is 4.21. The van der Waals surface area contributed by atoms with Gasteiger partial charge in [0.25, 0.3) is 0 Å². The molecular formula is C18H19F2N3O. The monoisotopic (exact) mass is 331 g/mol. The first-order valence-electron chi connectivity index (χ1n) is 7.87. The predicted octanol–water partition coefficient (Wildman–Crippen LogP) is 3.63. The number of carbonyl (C=O) groups is 1. The van der Waals surface area contributed by atoms with Crippen LogP contribution in [0.4, 0.5) is 25.0 Å². The number of halogens is 2. The molecule has 1 heterocycles. The van der Waals surface area contributed by atoms with E-state index in [0.29, 0.717) is 26.2 Å². The molecule has 126 valence electrons. The van der Waals surface area contributed by atoms with E-state index in [0.717, 1.165) is 11.3 Å². The van der Waals surface area contributed by atoms with Crippen molar-refractivity contribution < 1.29 is 13.6 Å². The first-order valence-corrected chi connectivity index (χ1v) is 7.87. The fourth-order valence-electron chi connectivity index (χ4n) is 2.83. The topological polar surface area (TPSA) is 35.6 Å². The summed E-state index contributed by atoms with van der Waals surface area (Å²) in [7, 11) is 0. The average molecular weight is 331 g/mol. The van der Waals surface area contributed by atoms with Gasteiger partial charge in [0.05, 0.1) is 0 Å². The summed E-state index contributed by atoms with van der Waals surface area (Å²) in [5.41, 5.74) is 1.74. The third kappa shape index (κ3) is 3.32. The predicted molar refractivity (Wildman–Crippen MR) is 90.3 cm³/mol. The fraction of sp³-hybridized carbons (Fsp3) is 0.278. The zero-order chi connectivity index (χ0) is 17.1. The summed E-state index contributed by atoms with van der Waals surface area (Å²) in [5, 5.41) is 2.88. The molecule has 1 fully saturated rings. The van der Waals surface area contributed by atoms with Crippen LogP contribution in [0.5, 0.6) is 0 Å². The molecule has 24 heavy (non-hydrogen) atoms. The van der Waals surface area contributed by atoms with Gasteiger partial charge in [-0.3, -0.25) is 0 Å². The Morgan fingerprint density at radius 2 is 1.58 bits per heavy atom. The van der Waals surface area contributed by atoms with Crippen molar-refractivity contribution in [3.63, 3.8) is 0 Å². The first-order chi connectivity index (χ1) is 11.6. The SMILES string of the molecule is Cc1ccccc1NC(=O)N1CCN(c2c(F)cccc2F)CC1. The van der Waals surface area contributed by atoms with Crippen molar-refractivity contribution in [1.29, 1.82) is 0 Å². The number of benzene rings is 2. The van der Waals surface area contributed by atoms with E-state index in [9.17, 15) is 13.6 Å². The molecule has 0 aromatic heterocycles. The van der Waals surface area contributed by atoms with Gasteiger partial charge in [-0.2, -0.15) is 0 Å². The molecule has 0 unspecified atom stereocenters. The van der Waals surface area contributed by atoms with Crippen molar-refractivity contribution in [2.45, 2.75) is 6.92 Å². The van der Waals surface area contributed by atoms with Crippen LogP contribution in [0.15, 0.2) is 42.5 Å². The summed E-state index contributed by atoms with van der Waals surface area (Å²) in [5.74, 6) is -1.15. The minimum atomic E-state index is -0.576. The normalized spacial score (nSPS) is 14.6. The molecule has 1 aliphatic heterocycles. The van der Waals surface area contributed by atoms with Crippen molar-refractivity contribution in [1.82, 2.24) is 4.90 Å². The second kappa shape index (κ2) is 6.86. The minimum absolute atomic E-state index is 0.0172. The molecule has 0 aliphatic carbocycles. The zero-order valence-electron chi connectivity index (χ0n) is 13.4. The van der Waals surface area contributed by atoms with Crippen molar-refractivity contribution in [3.8, 4) is 0 Å². The summed E-state index contributed by atoms with van der Waals surface area (Å²) in [4.78, 5) is 15.6. The van der Waals surface area contributed by atoms with Crippen molar-refractivity contribution in [2.24, 2.45) is 0 Å². The van der Waals surface area contributed by atoms with Crippen LogP contribution in [0.1, 0.15) is 5.56 Å². The van der Waals surface area contributed by atoms with Crippen LogP contribution < -0.4 is 10.2 Å². The van der Waals surface area contributed by atoms with E-state index >= 15 is 0 Å². The van der Waals surface area contributed by atoms with Gasteiger partial charge < -0.3 is 15.1 Å². The summed E-state index contributed by atoms with van der Waals surface area (Å²) >= 11 is 0. The lowest BCUT2D eigenvalue weighted by Crippen LogP contribution is -2.50. The quantitative estimate of drug-likeness (QED) is 0.912. The Kier molecular flexibility index (Phi) is 4.64. The number of aryl methyl sites for hydroxylation is 1. The van der Waals surface area contributed by atoms with Crippen molar-refractivity contribution in [2.75, 3.05) is 36.4 Å². The molecule has 1 saturated heterocycles. The van der Waals surface area contributed by atoms with Crippen LogP contribution in [0.3, 0.4) is 0 Å². The maximum atomic E-state index is 13.8. The van der Waals surface area contributed by atoms with Gasteiger partial charge in [-0.15, -0.1) is 0 Å². The molecule has 2 aromatic carbocycles. The molecule has 4 nitrogen and oxygen atoms in total. The highest BCUT2D eigenvalue weighted by molar-refractivity contribution is 5.90. The number of nitrogens with zero attached hydrogens (tertiary/aromatic N) is 2. The summed E-state index contributed by atoms with van der Waals surface area (Å²) in [6.45, 7) is 3.52. The lowest BCUT2D eigenvalue weighted by molar-refractivity contribution is 0.208. The Morgan fingerprint density at radius 1 is 0.958 bits per heavy atom. The van der Waals surface area contributed by atoms with Crippen LogP contribution in [-0.4, -0.2) is 37.1 Å². The molecule has 2 aromatic rings. The van der Waals surface area contributed by atoms with Crippen LogP contribution in [0.25, 0.3) is 0 Å². The third-order valence-corrected chi connectivity index (χ3v) is 4.21. The number of rotatable bonds is 2. The van der Waals surface area contributed by atoms with Crippen LogP contribution >= 0.6 is 0 Å². The number of carbonyl (C=O) groups excluding carboxylic acids is 1. The molecule has 0 spiro atoms. The van der Waals surface area contributed by atoms with Crippen molar-refractivity contribution >= 4 is 17.4 Å². The Hall–Kier alpha value is -2.63. The highest BCUT2D eigenvalue weighted by Gasteiger charge is 2.24. The van der Waals surface area contributed by atoms with Gasteiger partial charge in [-0.25, -0.2) is 13.6 Å². The number of urea groups is 1. The number of amides is 2. The van der Waals surface area contributed by atoms with Crippen LogP contribution in [0.2, 0.25) is 0 Å². The number of anilines is 2. The number of hydrogen-bond donors (Lipinski definition) is 1. The first kappa shape index (κ1) is 16.2. The van der Waals surface area contributed by atoms with Crippen LogP contribution in [0, 0.1) is 18.6 Å². The maximum absolute atomic E-state index is 13.8. The second-order valence-corrected chi connectivity index (χ2v) is 5.79. The van der Waals surface area contributed by atoms with Gasteiger partial charge in [0, 0.05) is 31.9 Å². The zero-order valence-corrected chi connectivity index (χ0v) is 13.4. The van der Waals surface area contributed by atoms with Gasteiger partial charge in [0.15, 0.2) is 0 Å². The summed E-state index contributed by atoms with van der Waals surface area (Å²) < 4.78 is 27.7. The van der Waals surface area contributed by atoms with Gasteiger partial charge in [-0.05, 0) is 30.7 Å². The lowest BCUT2D eigenvalue weighted by atomic mass is 10.2. The van der Waals surface area contributed by atoms with Crippen molar-refractivity contribution in [3.05, 3.63) is 59.7 Å². The second-order valence-electron chi connectivity index (χ2n) is 5.79. The van der Waals surface area contributed by atoms with E-state index < -0.39 is 11.6 Å². The lowest BCUT2D eigenvalue weighted by Gasteiger charge is -2.36. The van der Waals surface area contributed by atoms with Gasteiger partial charge in [0.2, 0.25) is 0 Å². The van der Waals surface area contributed by atoms with Gasteiger partial charge in [0.1, 0.15) is 17.3 Å². The Labute approximate surface area is 139 Å². The molecule has 0 atom stereocenters. The Bertz CT molecular complexity index is 723. The smallest absolute Gasteiger partial charge is 0.321 e. The van der Waals surface area contributed by atoms with Gasteiger partial charge >= 0.3 is 6.03 Å². The molecule has 0 radical (unpaired) electrons. The minimum Gasteiger partial charge on any atom is -0.363 e. The maximum Gasteiger partial charge on any atom is 0.321 e. The van der Waals surface area contributed by atoms with E-state index in [1.165, 1.54) is 18.2 Å². The largest absolute Gasteiger partial charge is 0.363 e.